The molecule has 1 saturated carbocycles. The lowest BCUT2D eigenvalue weighted by Gasteiger charge is -2.32. The maximum atomic E-state index is 6.11. The zero-order valence-electron chi connectivity index (χ0n) is 10.6. The molecule has 1 aromatic heterocycles. The van der Waals surface area contributed by atoms with Gasteiger partial charge in [-0.25, -0.2) is 5.84 Å². The van der Waals surface area contributed by atoms with Gasteiger partial charge in [0.15, 0.2) is 11.6 Å². The smallest absolute Gasteiger partial charge is 0.320 e. The Morgan fingerprint density at radius 3 is 2.44 bits per heavy atom. The molecule has 1 aliphatic rings. The summed E-state index contributed by atoms with van der Waals surface area (Å²) in [5.74, 6) is 6.76. The normalized spacial score (nSPS) is 16.6. The molecule has 0 amide bonds. The molecule has 0 bridgehead atoms. The molecule has 2 rings (SSSR count). The molecule has 0 aromatic carbocycles. The predicted octanol–water partition coefficient (Wildman–Crippen LogP) is 0.662. The van der Waals surface area contributed by atoms with Crippen LogP contribution in [0.2, 0.25) is 0 Å². The first kappa shape index (κ1) is 12.7. The molecule has 1 heterocycles. The van der Waals surface area contributed by atoms with E-state index in [4.69, 9.17) is 22.0 Å². The van der Waals surface area contributed by atoms with E-state index < -0.39 is 0 Å². The van der Waals surface area contributed by atoms with Crippen LogP contribution in [0.25, 0.3) is 0 Å². The van der Waals surface area contributed by atoms with Crippen molar-refractivity contribution in [3.05, 3.63) is 0 Å². The topological polar surface area (TPSA) is 116 Å². The van der Waals surface area contributed by atoms with Crippen molar-refractivity contribution in [2.45, 2.75) is 38.1 Å². The first-order chi connectivity index (χ1) is 8.63. The van der Waals surface area contributed by atoms with Crippen LogP contribution < -0.4 is 27.1 Å². The van der Waals surface area contributed by atoms with Crippen LogP contribution in [0.3, 0.4) is 0 Å². The van der Waals surface area contributed by atoms with Crippen molar-refractivity contribution in [2.24, 2.45) is 5.84 Å². The Kier molecular flexibility index (Phi) is 3.71. The van der Waals surface area contributed by atoms with E-state index in [0.717, 1.165) is 12.8 Å². The summed E-state index contributed by atoms with van der Waals surface area (Å²) in [5, 5.41) is 1.61. The Morgan fingerprint density at radius 2 is 1.83 bits per heavy atom. The van der Waals surface area contributed by atoms with E-state index in [1.807, 2.05) is 0 Å². The van der Waals surface area contributed by atoms with E-state index in [0.29, 0.717) is 11.5 Å². The summed E-state index contributed by atoms with van der Waals surface area (Å²) < 4.78 is 4.99. The average molecular weight is 252 g/mol. The Bertz CT molecular complexity index is 418. The number of nitrogen functional groups attached to an aromatic ring is 2. The van der Waals surface area contributed by atoms with Crippen molar-refractivity contribution in [1.29, 1.82) is 0 Å². The van der Waals surface area contributed by atoms with Gasteiger partial charge < -0.3 is 16.2 Å². The van der Waals surface area contributed by atoms with E-state index in [1.54, 1.807) is 5.01 Å². The van der Waals surface area contributed by atoms with Crippen LogP contribution in [-0.2, 0) is 0 Å². The van der Waals surface area contributed by atoms with Gasteiger partial charge in [-0.15, -0.1) is 0 Å². The molecule has 1 fully saturated rings. The van der Waals surface area contributed by atoms with Gasteiger partial charge in [0.2, 0.25) is 0 Å². The highest BCUT2D eigenvalue weighted by molar-refractivity contribution is 5.73. The summed E-state index contributed by atoms with van der Waals surface area (Å²) in [7, 11) is 1.48. The van der Waals surface area contributed by atoms with Gasteiger partial charge in [-0.2, -0.15) is 9.97 Å². The number of hydrogen-bond donors (Lipinski definition) is 3. The van der Waals surface area contributed by atoms with E-state index in [2.05, 4.69) is 9.97 Å². The lowest BCUT2D eigenvalue weighted by atomic mass is 9.95. The first-order valence-corrected chi connectivity index (χ1v) is 6.14. The Balaban J connectivity index is 2.27. The molecule has 0 atom stereocenters. The minimum absolute atomic E-state index is 0.183. The zero-order chi connectivity index (χ0) is 13.1. The van der Waals surface area contributed by atoms with Crippen LogP contribution in [-0.4, -0.2) is 23.1 Å². The minimum atomic E-state index is 0.183. The quantitative estimate of drug-likeness (QED) is 0.534. The number of rotatable bonds is 3. The first-order valence-electron chi connectivity index (χ1n) is 6.14. The van der Waals surface area contributed by atoms with Crippen LogP contribution in [0, 0.1) is 0 Å². The molecule has 0 unspecified atom stereocenters. The van der Waals surface area contributed by atoms with Crippen LogP contribution in [0.1, 0.15) is 32.1 Å². The second-order valence-electron chi connectivity index (χ2n) is 4.53. The summed E-state index contributed by atoms with van der Waals surface area (Å²) in [4.78, 5) is 8.11. The highest BCUT2D eigenvalue weighted by atomic mass is 16.5. The fraction of sp³-hybridized carbons (Fsp3) is 0.636. The molecular weight excluding hydrogens is 232 g/mol. The maximum absolute atomic E-state index is 6.11. The van der Waals surface area contributed by atoms with Crippen LogP contribution >= 0.6 is 0 Å². The van der Waals surface area contributed by atoms with Crippen LogP contribution in [0.15, 0.2) is 0 Å². The van der Waals surface area contributed by atoms with Crippen molar-refractivity contribution < 1.29 is 4.74 Å². The van der Waals surface area contributed by atoms with Crippen molar-refractivity contribution in [1.82, 2.24) is 9.97 Å². The molecule has 0 spiro atoms. The average Bonchev–Trinajstić information content (AvgIpc) is 2.42. The van der Waals surface area contributed by atoms with Gasteiger partial charge in [0.25, 0.3) is 0 Å². The standard InChI is InChI=1S/C11H20N6O/c1-18-11-15-9(13)8(12)10(16-11)17(14)7-5-3-2-4-6-7/h7H,2-6,12,14H2,1H3,(H2,13,15,16). The Labute approximate surface area is 106 Å². The number of nitrogens with zero attached hydrogens (tertiary/aromatic N) is 3. The Morgan fingerprint density at radius 1 is 1.17 bits per heavy atom. The number of nitrogens with two attached hydrogens (primary N) is 3. The number of aromatic nitrogens is 2. The van der Waals surface area contributed by atoms with Gasteiger partial charge in [0.1, 0.15) is 5.69 Å². The third-order valence-corrected chi connectivity index (χ3v) is 3.33. The van der Waals surface area contributed by atoms with E-state index in [9.17, 15) is 0 Å². The third kappa shape index (κ3) is 2.40. The molecule has 0 radical (unpaired) electrons. The Hall–Kier alpha value is -1.76. The van der Waals surface area contributed by atoms with Crippen molar-refractivity contribution >= 4 is 17.3 Å². The molecule has 6 N–H and O–H groups in total. The number of hydrazine groups is 1. The second kappa shape index (κ2) is 5.26. The fourth-order valence-electron chi connectivity index (χ4n) is 2.27. The molecule has 0 saturated heterocycles. The van der Waals surface area contributed by atoms with Gasteiger partial charge in [0, 0.05) is 6.04 Å². The van der Waals surface area contributed by atoms with Gasteiger partial charge in [-0.05, 0) is 12.8 Å². The van der Waals surface area contributed by atoms with E-state index in [1.165, 1.54) is 26.4 Å². The van der Waals surface area contributed by atoms with E-state index in [-0.39, 0.29) is 17.9 Å². The number of ether oxygens (including phenoxy) is 1. The van der Waals surface area contributed by atoms with Gasteiger partial charge in [0.05, 0.1) is 7.11 Å². The molecule has 7 nitrogen and oxygen atoms in total. The van der Waals surface area contributed by atoms with Crippen molar-refractivity contribution in [2.75, 3.05) is 23.6 Å². The van der Waals surface area contributed by atoms with Crippen LogP contribution in [0.5, 0.6) is 6.01 Å². The monoisotopic (exact) mass is 252 g/mol. The van der Waals surface area contributed by atoms with Gasteiger partial charge in [-0.3, -0.25) is 5.01 Å². The zero-order valence-corrected chi connectivity index (χ0v) is 10.6. The fourth-order valence-corrected chi connectivity index (χ4v) is 2.27. The largest absolute Gasteiger partial charge is 0.467 e. The molecule has 1 aromatic rings. The maximum Gasteiger partial charge on any atom is 0.320 e. The molecule has 100 valence electrons. The van der Waals surface area contributed by atoms with Gasteiger partial charge >= 0.3 is 6.01 Å². The summed E-state index contributed by atoms with van der Waals surface area (Å²) in [6.45, 7) is 0. The second-order valence-corrected chi connectivity index (χ2v) is 4.53. The number of hydrogen-bond acceptors (Lipinski definition) is 7. The molecular formula is C11H20N6O. The summed E-state index contributed by atoms with van der Waals surface area (Å²) in [6.07, 6.45) is 5.70. The van der Waals surface area contributed by atoms with Crippen LogP contribution in [0.4, 0.5) is 17.3 Å². The molecule has 18 heavy (non-hydrogen) atoms. The lowest BCUT2D eigenvalue weighted by molar-refractivity contribution is 0.377. The molecule has 0 aliphatic heterocycles. The highest BCUT2D eigenvalue weighted by Gasteiger charge is 2.23. The number of anilines is 3. The summed E-state index contributed by atoms with van der Waals surface area (Å²) >= 11 is 0. The lowest BCUT2D eigenvalue weighted by Crippen LogP contribution is -2.43. The number of methoxy groups -OCH3 is 1. The van der Waals surface area contributed by atoms with Crippen molar-refractivity contribution in [3.8, 4) is 6.01 Å². The minimum Gasteiger partial charge on any atom is -0.467 e. The third-order valence-electron chi connectivity index (χ3n) is 3.33. The molecule has 1 aliphatic carbocycles. The van der Waals surface area contributed by atoms with E-state index >= 15 is 0 Å². The SMILES string of the molecule is COc1nc(N)c(N)c(N(N)C2CCCCC2)n1. The molecule has 7 heteroatoms. The highest BCUT2D eigenvalue weighted by Crippen LogP contribution is 2.30. The van der Waals surface area contributed by atoms with Gasteiger partial charge in [-0.1, -0.05) is 19.3 Å². The summed E-state index contributed by atoms with van der Waals surface area (Å²) in [5.41, 5.74) is 11.9. The predicted molar refractivity (Wildman–Crippen MR) is 70.9 cm³/mol. The summed E-state index contributed by atoms with van der Waals surface area (Å²) in [6, 6.07) is 0.433. The van der Waals surface area contributed by atoms with Crippen molar-refractivity contribution in [3.63, 3.8) is 0 Å².